The molecular formula is C21H36IN3O3. The number of likely N-dealkylation sites (tertiary alicyclic amines) is 1. The minimum atomic E-state index is 0. The number of hydrogen-bond donors (Lipinski definition) is 1. The van der Waals surface area contributed by atoms with E-state index < -0.39 is 0 Å². The van der Waals surface area contributed by atoms with Gasteiger partial charge < -0.3 is 24.4 Å². The van der Waals surface area contributed by atoms with E-state index in [4.69, 9.17) is 19.2 Å². The Hall–Kier alpha value is -1.22. The first kappa shape index (κ1) is 24.8. The second-order valence-electron chi connectivity index (χ2n) is 6.65. The van der Waals surface area contributed by atoms with Gasteiger partial charge in [-0.2, -0.15) is 0 Å². The van der Waals surface area contributed by atoms with Crippen molar-refractivity contribution in [2.45, 2.75) is 52.7 Å². The third kappa shape index (κ3) is 7.66. The molecule has 0 unspecified atom stereocenters. The molecule has 0 atom stereocenters. The molecule has 28 heavy (non-hydrogen) atoms. The van der Waals surface area contributed by atoms with Crippen molar-refractivity contribution in [2.75, 3.05) is 40.0 Å². The average molecular weight is 505 g/mol. The molecule has 0 amide bonds. The van der Waals surface area contributed by atoms with E-state index >= 15 is 0 Å². The highest BCUT2D eigenvalue weighted by molar-refractivity contribution is 14.0. The van der Waals surface area contributed by atoms with E-state index in [2.05, 4.69) is 37.1 Å². The maximum atomic E-state index is 5.75. The number of rotatable bonds is 9. The molecule has 0 radical (unpaired) electrons. The molecule has 1 heterocycles. The summed E-state index contributed by atoms with van der Waals surface area (Å²) in [6.45, 7) is 11.2. The molecule has 0 saturated carbocycles. The number of halogens is 1. The number of guanidine groups is 1. The number of methoxy groups -OCH3 is 1. The lowest BCUT2D eigenvalue weighted by atomic mass is 10.1. The number of benzene rings is 1. The number of aliphatic imine (C=N–C) groups is 1. The molecule has 6 nitrogen and oxygen atoms in total. The maximum Gasteiger partial charge on any atom is 0.194 e. The zero-order chi connectivity index (χ0) is 19.5. The van der Waals surface area contributed by atoms with Gasteiger partial charge in [-0.25, -0.2) is 4.99 Å². The fourth-order valence-electron chi connectivity index (χ4n) is 3.20. The zero-order valence-corrected chi connectivity index (χ0v) is 20.0. The van der Waals surface area contributed by atoms with Gasteiger partial charge in [0.1, 0.15) is 0 Å². The Bertz CT molecular complexity index is 590. The van der Waals surface area contributed by atoms with Gasteiger partial charge in [-0.15, -0.1) is 24.0 Å². The largest absolute Gasteiger partial charge is 0.493 e. The van der Waals surface area contributed by atoms with Crippen LogP contribution >= 0.6 is 24.0 Å². The molecule has 7 heteroatoms. The zero-order valence-electron chi connectivity index (χ0n) is 17.7. The quantitative estimate of drug-likeness (QED) is 0.312. The molecule has 1 fully saturated rings. The van der Waals surface area contributed by atoms with E-state index in [9.17, 15) is 0 Å². The summed E-state index contributed by atoms with van der Waals surface area (Å²) in [7, 11) is 1.67. The van der Waals surface area contributed by atoms with Crippen LogP contribution in [0.15, 0.2) is 23.2 Å². The van der Waals surface area contributed by atoms with Crippen LogP contribution in [0, 0.1) is 0 Å². The fourth-order valence-corrected chi connectivity index (χ4v) is 3.20. The third-order valence-corrected chi connectivity index (χ3v) is 4.58. The van der Waals surface area contributed by atoms with Gasteiger partial charge in [-0.3, -0.25) is 0 Å². The van der Waals surface area contributed by atoms with Crippen LogP contribution in [0.2, 0.25) is 0 Å². The van der Waals surface area contributed by atoms with Crippen LogP contribution in [-0.4, -0.2) is 56.9 Å². The molecule has 1 N–H and O–H groups in total. The Labute approximate surface area is 187 Å². The molecule has 0 aliphatic carbocycles. The summed E-state index contributed by atoms with van der Waals surface area (Å²) in [5.41, 5.74) is 1.11. The van der Waals surface area contributed by atoms with E-state index in [-0.39, 0.29) is 24.0 Å². The number of hydrogen-bond acceptors (Lipinski definition) is 4. The predicted octanol–water partition coefficient (Wildman–Crippen LogP) is 4.07. The van der Waals surface area contributed by atoms with Crippen molar-refractivity contribution in [2.24, 2.45) is 4.99 Å². The fraction of sp³-hybridized carbons (Fsp3) is 0.667. The van der Waals surface area contributed by atoms with Crippen LogP contribution in [0.4, 0.5) is 0 Å². The van der Waals surface area contributed by atoms with Gasteiger partial charge in [0, 0.05) is 26.2 Å². The second-order valence-corrected chi connectivity index (χ2v) is 6.65. The maximum absolute atomic E-state index is 5.75. The van der Waals surface area contributed by atoms with E-state index in [0.29, 0.717) is 19.3 Å². The van der Waals surface area contributed by atoms with Gasteiger partial charge in [-0.1, -0.05) is 13.0 Å². The molecule has 1 aliphatic rings. The van der Waals surface area contributed by atoms with E-state index in [1.165, 1.54) is 0 Å². The van der Waals surface area contributed by atoms with Gasteiger partial charge in [0.25, 0.3) is 0 Å². The molecule has 0 aromatic heterocycles. The van der Waals surface area contributed by atoms with E-state index in [1.54, 1.807) is 7.11 Å². The third-order valence-electron chi connectivity index (χ3n) is 4.58. The van der Waals surface area contributed by atoms with Crippen LogP contribution in [0.5, 0.6) is 11.5 Å². The van der Waals surface area contributed by atoms with Gasteiger partial charge >= 0.3 is 0 Å². The van der Waals surface area contributed by atoms with Crippen molar-refractivity contribution in [3.8, 4) is 11.5 Å². The molecule has 1 aliphatic heterocycles. The number of nitrogens with one attached hydrogen (secondary N) is 1. The van der Waals surface area contributed by atoms with Crippen LogP contribution in [0.1, 0.15) is 45.6 Å². The lowest BCUT2D eigenvalue weighted by molar-refractivity contribution is 0.0263. The van der Waals surface area contributed by atoms with Crippen molar-refractivity contribution < 1.29 is 14.2 Å². The lowest BCUT2D eigenvalue weighted by Gasteiger charge is -2.34. The van der Waals surface area contributed by atoms with Crippen molar-refractivity contribution in [3.05, 3.63) is 23.8 Å². The summed E-state index contributed by atoms with van der Waals surface area (Å²) in [6.07, 6.45) is 3.46. The van der Waals surface area contributed by atoms with Gasteiger partial charge in [0.05, 0.1) is 26.4 Å². The van der Waals surface area contributed by atoms with Crippen LogP contribution in [-0.2, 0) is 11.3 Å². The standard InChI is InChI=1S/C21H35N3O3.HI/c1-5-14-27-19-9-8-17(15-20(19)25-4)16-23-21(22-6-2)24-12-10-18(11-13-24)26-7-3;/h8-9,15,18H,5-7,10-14,16H2,1-4H3,(H,22,23);1H. The van der Waals surface area contributed by atoms with Crippen LogP contribution in [0.3, 0.4) is 0 Å². The first-order chi connectivity index (χ1) is 13.2. The topological polar surface area (TPSA) is 55.3 Å². The first-order valence-corrected chi connectivity index (χ1v) is 10.2. The number of piperidine rings is 1. The Balaban J connectivity index is 0.00000392. The normalized spacial score (nSPS) is 15.1. The number of nitrogens with zero attached hydrogens (tertiary/aromatic N) is 2. The highest BCUT2D eigenvalue weighted by atomic mass is 127. The molecule has 0 spiro atoms. The van der Waals surface area contributed by atoms with Gasteiger partial charge in [0.15, 0.2) is 17.5 Å². The molecule has 1 aromatic rings. The lowest BCUT2D eigenvalue weighted by Crippen LogP contribution is -2.47. The summed E-state index contributed by atoms with van der Waals surface area (Å²) in [4.78, 5) is 7.17. The summed E-state index contributed by atoms with van der Waals surface area (Å²) in [5.74, 6) is 2.52. The summed E-state index contributed by atoms with van der Waals surface area (Å²) in [5, 5.41) is 3.42. The minimum Gasteiger partial charge on any atom is -0.493 e. The highest BCUT2D eigenvalue weighted by Gasteiger charge is 2.21. The summed E-state index contributed by atoms with van der Waals surface area (Å²) < 4.78 is 17.0. The van der Waals surface area contributed by atoms with E-state index in [1.807, 2.05) is 12.1 Å². The predicted molar refractivity (Wildman–Crippen MR) is 125 cm³/mol. The Morgan fingerprint density at radius 3 is 2.54 bits per heavy atom. The summed E-state index contributed by atoms with van der Waals surface area (Å²) >= 11 is 0. The van der Waals surface area contributed by atoms with Gasteiger partial charge in [-0.05, 0) is 50.8 Å². The van der Waals surface area contributed by atoms with Crippen LogP contribution in [0.25, 0.3) is 0 Å². The smallest absolute Gasteiger partial charge is 0.194 e. The first-order valence-electron chi connectivity index (χ1n) is 10.2. The SMILES string of the molecule is CCCOc1ccc(CN=C(NCC)N2CCC(OCC)CC2)cc1OC.I. The molecule has 0 bridgehead atoms. The minimum absolute atomic E-state index is 0. The molecular weight excluding hydrogens is 469 g/mol. The van der Waals surface area contributed by atoms with Crippen molar-refractivity contribution in [1.29, 1.82) is 0 Å². The molecule has 160 valence electrons. The second kappa shape index (κ2) is 13.9. The monoisotopic (exact) mass is 505 g/mol. The van der Waals surface area contributed by atoms with Crippen molar-refractivity contribution in [1.82, 2.24) is 10.2 Å². The Morgan fingerprint density at radius 2 is 1.93 bits per heavy atom. The highest BCUT2D eigenvalue weighted by Crippen LogP contribution is 2.28. The molecule has 2 rings (SSSR count). The Morgan fingerprint density at radius 1 is 1.18 bits per heavy atom. The Kier molecular flexibility index (Phi) is 12.3. The average Bonchev–Trinajstić information content (AvgIpc) is 2.70. The molecule has 1 aromatic carbocycles. The summed E-state index contributed by atoms with van der Waals surface area (Å²) in [6, 6.07) is 6.04. The molecule has 1 saturated heterocycles. The van der Waals surface area contributed by atoms with E-state index in [0.717, 1.165) is 68.5 Å². The van der Waals surface area contributed by atoms with Crippen LogP contribution < -0.4 is 14.8 Å². The van der Waals surface area contributed by atoms with Crippen molar-refractivity contribution >= 4 is 29.9 Å². The number of ether oxygens (including phenoxy) is 3. The van der Waals surface area contributed by atoms with Gasteiger partial charge in [0.2, 0.25) is 0 Å². The van der Waals surface area contributed by atoms with Crippen molar-refractivity contribution in [3.63, 3.8) is 0 Å².